The molecule has 0 spiro atoms. The highest BCUT2D eigenvalue weighted by molar-refractivity contribution is 7.89. The van der Waals surface area contributed by atoms with Crippen LogP contribution in [0.1, 0.15) is 27.7 Å². The molecule has 0 aliphatic carbocycles. The summed E-state index contributed by atoms with van der Waals surface area (Å²) in [6, 6.07) is 10.6. The third kappa shape index (κ3) is 4.38. The maximum Gasteiger partial charge on any atom is 0.243 e. The zero-order valence-corrected chi connectivity index (χ0v) is 16.7. The molecule has 0 saturated carbocycles. The van der Waals surface area contributed by atoms with Gasteiger partial charge in [-0.1, -0.05) is 24.3 Å². The average molecular weight is 379 g/mol. The summed E-state index contributed by atoms with van der Waals surface area (Å²) in [5.74, 6) is 0. The first kappa shape index (κ1) is 20.3. The van der Waals surface area contributed by atoms with Crippen LogP contribution in [-0.4, -0.2) is 34.0 Å². The second-order valence-corrected chi connectivity index (χ2v) is 8.93. The number of hydrogen-bond acceptors (Lipinski definition) is 6. The van der Waals surface area contributed by atoms with Crippen molar-refractivity contribution in [1.82, 2.24) is 4.72 Å². The van der Waals surface area contributed by atoms with Gasteiger partial charge >= 0.3 is 0 Å². The molecular formula is C18H25N3O4S. The Labute approximate surface area is 154 Å². The Hall–Kier alpha value is -2.03. The lowest BCUT2D eigenvalue weighted by molar-refractivity contribution is -0.123. The molecule has 8 heteroatoms. The molecule has 0 amide bonds. The van der Waals surface area contributed by atoms with E-state index in [1.54, 1.807) is 18.2 Å². The first-order valence-electron chi connectivity index (χ1n) is 8.16. The number of hydrogen-bond donors (Lipinski definition) is 1. The van der Waals surface area contributed by atoms with Crippen LogP contribution in [0.3, 0.4) is 0 Å². The molecule has 0 aliphatic heterocycles. The van der Waals surface area contributed by atoms with Crippen molar-refractivity contribution in [1.29, 1.82) is 0 Å². The lowest BCUT2D eigenvalue weighted by Crippen LogP contribution is -2.49. The van der Waals surface area contributed by atoms with Crippen molar-refractivity contribution in [3.63, 3.8) is 0 Å². The maximum absolute atomic E-state index is 13.0. The monoisotopic (exact) mass is 379 g/mol. The van der Waals surface area contributed by atoms with E-state index in [1.165, 1.54) is 27.7 Å². The van der Waals surface area contributed by atoms with Gasteiger partial charge in [-0.05, 0) is 45.0 Å². The molecule has 2 rings (SSSR count). The highest BCUT2D eigenvalue weighted by atomic mass is 32.2. The average Bonchev–Trinajstić information content (AvgIpc) is 2.51. The summed E-state index contributed by atoms with van der Waals surface area (Å²) in [4.78, 5) is 12.9. The summed E-state index contributed by atoms with van der Waals surface area (Å²) >= 11 is 0. The van der Waals surface area contributed by atoms with E-state index in [0.29, 0.717) is 5.39 Å². The van der Waals surface area contributed by atoms with E-state index >= 15 is 0 Å². The van der Waals surface area contributed by atoms with Crippen LogP contribution in [0, 0.1) is 4.91 Å². The summed E-state index contributed by atoms with van der Waals surface area (Å²) in [5, 5.41) is 4.31. The highest BCUT2D eigenvalue weighted by Crippen LogP contribution is 2.31. The molecular weight excluding hydrogens is 354 g/mol. The van der Waals surface area contributed by atoms with Crippen LogP contribution in [0.15, 0.2) is 46.5 Å². The van der Waals surface area contributed by atoms with Gasteiger partial charge in [0.1, 0.15) is 5.72 Å². The fourth-order valence-electron chi connectivity index (χ4n) is 2.93. The molecule has 26 heavy (non-hydrogen) atoms. The van der Waals surface area contributed by atoms with E-state index in [-0.39, 0.29) is 4.90 Å². The van der Waals surface area contributed by atoms with Gasteiger partial charge < -0.3 is 9.64 Å². The fourth-order valence-corrected chi connectivity index (χ4v) is 4.46. The number of ether oxygens (including phenoxy) is 1. The predicted octanol–water partition coefficient (Wildman–Crippen LogP) is 3.44. The predicted molar refractivity (Wildman–Crippen MR) is 104 cm³/mol. The number of sulfonamides is 1. The molecule has 0 radical (unpaired) electrons. The Balaban J connectivity index is 2.50. The molecule has 2 aromatic rings. The Morgan fingerprint density at radius 3 is 2.15 bits per heavy atom. The van der Waals surface area contributed by atoms with Gasteiger partial charge in [0.25, 0.3) is 0 Å². The Kier molecular flexibility index (Phi) is 5.41. The Bertz CT molecular complexity index is 921. The molecule has 0 bridgehead atoms. The van der Waals surface area contributed by atoms with Gasteiger partial charge in [0.05, 0.1) is 4.90 Å². The van der Waals surface area contributed by atoms with Crippen LogP contribution in [-0.2, 0) is 14.8 Å². The van der Waals surface area contributed by atoms with E-state index in [0.717, 1.165) is 11.1 Å². The maximum atomic E-state index is 13.0. The number of benzene rings is 2. The minimum atomic E-state index is -3.90. The van der Waals surface area contributed by atoms with Gasteiger partial charge in [-0.15, -0.1) is 4.91 Å². The zero-order valence-electron chi connectivity index (χ0n) is 15.9. The van der Waals surface area contributed by atoms with Gasteiger partial charge in [-0.3, -0.25) is 0 Å². The van der Waals surface area contributed by atoms with Crippen molar-refractivity contribution < 1.29 is 13.2 Å². The van der Waals surface area contributed by atoms with Crippen LogP contribution in [0.4, 0.5) is 5.69 Å². The van der Waals surface area contributed by atoms with Crippen LogP contribution < -0.4 is 9.62 Å². The second-order valence-electron chi connectivity index (χ2n) is 7.28. The van der Waals surface area contributed by atoms with Gasteiger partial charge in [0.2, 0.25) is 10.0 Å². The van der Waals surface area contributed by atoms with Gasteiger partial charge in [-0.25, -0.2) is 8.42 Å². The van der Waals surface area contributed by atoms with Crippen molar-refractivity contribution in [3.8, 4) is 0 Å². The van der Waals surface area contributed by atoms with E-state index in [4.69, 9.17) is 4.74 Å². The third-order valence-electron chi connectivity index (χ3n) is 3.74. The number of nitroso groups, excluding NO2 is 1. The van der Waals surface area contributed by atoms with E-state index < -0.39 is 21.5 Å². The number of nitrogens with zero attached hydrogens (tertiary/aromatic N) is 2. The van der Waals surface area contributed by atoms with Crippen molar-refractivity contribution in [2.24, 2.45) is 5.18 Å². The number of fused-ring (bicyclic) bond motifs is 1. The number of anilines is 1. The molecule has 1 N–H and O–H groups in total. The summed E-state index contributed by atoms with van der Waals surface area (Å²) in [5.41, 5.74) is -1.76. The smallest absolute Gasteiger partial charge is 0.243 e. The standard InChI is InChI=1S/C18H25N3O4S/c1-17(2,19-22)25-18(3,4)20-26(23,24)16-12-8-9-13-14(16)10-7-11-15(13)21(5)6/h7-12,20H,1-6H3. The van der Waals surface area contributed by atoms with E-state index in [9.17, 15) is 13.3 Å². The molecule has 0 aromatic heterocycles. The fraction of sp³-hybridized carbons (Fsp3) is 0.444. The SMILES string of the molecule is CN(C)c1cccc2c(S(=O)(=O)NC(C)(C)OC(C)(C)N=O)cccc12. The van der Waals surface area contributed by atoms with Crippen LogP contribution in [0.25, 0.3) is 10.8 Å². The van der Waals surface area contributed by atoms with Gasteiger partial charge in [0.15, 0.2) is 5.72 Å². The second kappa shape index (κ2) is 6.94. The molecule has 0 saturated heterocycles. The normalized spacial score (nSPS) is 13.0. The third-order valence-corrected chi connectivity index (χ3v) is 5.43. The Morgan fingerprint density at radius 2 is 1.58 bits per heavy atom. The van der Waals surface area contributed by atoms with E-state index in [2.05, 4.69) is 9.90 Å². The topological polar surface area (TPSA) is 88.1 Å². The zero-order chi connectivity index (χ0) is 19.8. The quantitative estimate of drug-likeness (QED) is 0.588. The summed E-state index contributed by atoms with van der Waals surface area (Å²) in [6.07, 6.45) is 0. The lowest BCUT2D eigenvalue weighted by Gasteiger charge is -2.32. The van der Waals surface area contributed by atoms with E-state index in [1.807, 2.05) is 37.2 Å². The molecule has 7 nitrogen and oxygen atoms in total. The van der Waals surface area contributed by atoms with Crippen LogP contribution >= 0.6 is 0 Å². The molecule has 0 heterocycles. The summed E-state index contributed by atoms with van der Waals surface area (Å²) in [7, 11) is -0.1000. The van der Waals surface area contributed by atoms with Crippen LogP contribution in [0.2, 0.25) is 0 Å². The minimum absolute atomic E-state index is 0.146. The van der Waals surface area contributed by atoms with Gasteiger partial charge in [-0.2, -0.15) is 4.72 Å². The van der Waals surface area contributed by atoms with Crippen LogP contribution in [0.5, 0.6) is 0 Å². The van der Waals surface area contributed by atoms with Gasteiger partial charge in [0, 0.05) is 30.6 Å². The summed E-state index contributed by atoms with van der Waals surface area (Å²) < 4.78 is 34.1. The van der Waals surface area contributed by atoms with Crippen molar-refractivity contribution in [2.75, 3.05) is 19.0 Å². The lowest BCUT2D eigenvalue weighted by atomic mass is 10.1. The molecule has 0 aliphatic rings. The molecule has 0 unspecified atom stereocenters. The summed E-state index contributed by atoms with van der Waals surface area (Å²) in [6.45, 7) is 6.01. The molecule has 142 valence electrons. The molecule has 0 atom stereocenters. The number of rotatable bonds is 7. The minimum Gasteiger partial charge on any atom is -0.377 e. The first-order valence-corrected chi connectivity index (χ1v) is 9.65. The molecule has 2 aromatic carbocycles. The molecule has 0 fully saturated rings. The van der Waals surface area contributed by atoms with Crippen molar-refractivity contribution in [2.45, 2.75) is 44.0 Å². The highest BCUT2D eigenvalue weighted by Gasteiger charge is 2.34. The largest absolute Gasteiger partial charge is 0.377 e. The van der Waals surface area contributed by atoms with Crippen molar-refractivity contribution in [3.05, 3.63) is 41.3 Å². The van der Waals surface area contributed by atoms with Crippen molar-refractivity contribution >= 4 is 26.5 Å². The number of nitrogens with one attached hydrogen (secondary N) is 1. The first-order chi connectivity index (χ1) is 11.9. The Morgan fingerprint density at radius 1 is 1.00 bits per heavy atom.